The van der Waals surface area contributed by atoms with Crippen LogP contribution in [0.2, 0.25) is 5.02 Å². The molecule has 3 fully saturated rings. The summed E-state index contributed by atoms with van der Waals surface area (Å²) in [5.41, 5.74) is 1.81. The second-order valence-electron chi connectivity index (χ2n) is 7.17. The fraction of sp³-hybridized carbons (Fsp3) is 0.444. The first-order valence-corrected chi connectivity index (χ1v) is 8.25. The lowest BCUT2D eigenvalue weighted by molar-refractivity contribution is -0.123. The molecule has 0 radical (unpaired) electrons. The zero-order valence-electron chi connectivity index (χ0n) is 12.3. The number of allylic oxidation sites excluding steroid dienone is 2. The maximum Gasteiger partial charge on any atom is 0.238 e. The monoisotopic (exact) mass is 313 g/mol. The van der Waals surface area contributed by atoms with Crippen LogP contribution in [0.15, 0.2) is 30.4 Å². The average molecular weight is 314 g/mol. The molecule has 3 aliphatic carbocycles. The first-order valence-electron chi connectivity index (χ1n) is 7.87. The second kappa shape index (κ2) is 3.83. The number of carbonyl (C=O) groups is 2. The molecular weight excluding hydrogens is 298 g/mol. The third kappa shape index (κ3) is 1.30. The van der Waals surface area contributed by atoms with E-state index in [1.807, 2.05) is 19.1 Å². The number of nitrogens with zero attached hydrogens (tertiary/aromatic N) is 1. The fourth-order valence-electron chi connectivity index (χ4n) is 5.05. The number of imide groups is 1. The van der Waals surface area contributed by atoms with Gasteiger partial charge in [0.25, 0.3) is 0 Å². The zero-order valence-corrected chi connectivity index (χ0v) is 13.0. The van der Waals surface area contributed by atoms with Crippen LogP contribution in [0.3, 0.4) is 0 Å². The number of hydrogen-bond acceptors (Lipinski definition) is 2. The molecule has 1 aromatic rings. The molecule has 1 heterocycles. The van der Waals surface area contributed by atoms with Gasteiger partial charge in [0.15, 0.2) is 0 Å². The van der Waals surface area contributed by atoms with Gasteiger partial charge in [-0.25, -0.2) is 4.90 Å². The Kier molecular flexibility index (Phi) is 2.24. The van der Waals surface area contributed by atoms with Crippen molar-refractivity contribution >= 4 is 29.1 Å². The van der Waals surface area contributed by atoms with E-state index >= 15 is 0 Å². The lowest BCUT2D eigenvalue weighted by atomic mass is 9.85. The van der Waals surface area contributed by atoms with E-state index in [1.165, 1.54) is 17.7 Å². The molecule has 0 N–H and O–H groups in total. The van der Waals surface area contributed by atoms with Crippen LogP contribution in [0.4, 0.5) is 5.69 Å². The smallest absolute Gasteiger partial charge is 0.238 e. The van der Waals surface area contributed by atoms with Crippen LogP contribution >= 0.6 is 11.6 Å². The summed E-state index contributed by atoms with van der Waals surface area (Å²) in [7, 11) is 0. The Labute approximate surface area is 133 Å². The third-order valence-electron chi connectivity index (χ3n) is 6.27. The molecule has 1 aromatic carbocycles. The predicted octanol–water partition coefficient (Wildman–Crippen LogP) is 3.35. The van der Waals surface area contributed by atoms with Gasteiger partial charge in [-0.15, -0.1) is 0 Å². The van der Waals surface area contributed by atoms with Crippen LogP contribution < -0.4 is 4.90 Å². The number of hydrogen-bond donors (Lipinski definition) is 0. The van der Waals surface area contributed by atoms with Crippen LogP contribution in [0.5, 0.6) is 0 Å². The number of carbonyl (C=O) groups excluding carboxylic acids is 2. The summed E-state index contributed by atoms with van der Waals surface area (Å²) in [6, 6.07) is 5.41. The van der Waals surface area contributed by atoms with E-state index in [9.17, 15) is 9.59 Å². The van der Waals surface area contributed by atoms with Crippen molar-refractivity contribution in [3.8, 4) is 0 Å². The van der Waals surface area contributed by atoms with Crippen molar-refractivity contribution < 1.29 is 9.59 Å². The van der Waals surface area contributed by atoms with E-state index in [0.29, 0.717) is 10.7 Å². The number of amides is 2. The van der Waals surface area contributed by atoms with Crippen molar-refractivity contribution in [1.82, 2.24) is 0 Å². The molecule has 112 valence electrons. The summed E-state index contributed by atoms with van der Waals surface area (Å²) in [5, 5.41) is 0.593. The normalized spacial score (nSPS) is 36.5. The predicted molar refractivity (Wildman–Crippen MR) is 83.4 cm³/mol. The maximum atomic E-state index is 12.9. The molecule has 22 heavy (non-hydrogen) atoms. The Morgan fingerprint density at radius 3 is 2.18 bits per heavy atom. The number of anilines is 1. The lowest BCUT2D eigenvalue weighted by Gasteiger charge is -2.22. The van der Waals surface area contributed by atoms with Gasteiger partial charge in [0.2, 0.25) is 11.8 Å². The Morgan fingerprint density at radius 1 is 1.09 bits per heavy atom. The van der Waals surface area contributed by atoms with Gasteiger partial charge < -0.3 is 0 Å². The number of aryl methyl sites for hydroxylation is 1. The topological polar surface area (TPSA) is 37.4 Å². The summed E-state index contributed by atoms with van der Waals surface area (Å²) in [6.07, 6.45) is 6.71. The largest absolute Gasteiger partial charge is 0.274 e. The number of fused-ring (bicyclic) bond motifs is 3. The van der Waals surface area contributed by atoms with Gasteiger partial charge in [0.05, 0.1) is 17.5 Å². The van der Waals surface area contributed by atoms with Gasteiger partial charge in [0, 0.05) is 5.02 Å². The first kappa shape index (κ1) is 12.9. The highest BCUT2D eigenvalue weighted by Crippen LogP contribution is 2.73. The van der Waals surface area contributed by atoms with E-state index in [1.54, 1.807) is 6.07 Å². The van der Waals surface area contributed by atoms with E-state index < -0.39 is 0 Å². The highest BCUT2D eigenvalue weighted by atomic mass is 35.5. The quantitative estimate of drug-likeness (QED) is 0.589. The number of benzene rings is 1. The zero-order chi connectivity index (χ0) is 15.2. The van der Waals surface area contributed by atoms with Gasteiger partial charge in [-0.3, -0.25) is 9.59 Å². The Bertz CT molecular complexity index is 730. The molecule has 1 aliphatic heterocycles. The van der Waals surface area contributed by atoms with Gasteiger partial charge in [-0.1, -0.05) is 29.8 Å². The van der Waals surface area contributed by atoms with E-state index in [0.717, 1.165) is 5.56 Å². The number of rotatable bonds is 1. The molecule has 2 amide bonds. The standard InChI is InChI=1S/C18H16ClNO2/c1-9-2-3-10(8-13(9)19)20-16(21)14-11-4-5-12(15(14)17(20)22)18(11)6-7-18/h2-5,8,11-12,14-15H,6-7H2,1H3. The SMILES string of the molecule is Cc1ccc(N2C(=O)C3C(C2=O)C2C=CC3C23CC3)cc1Cl. The highest BCUT2D eigenvalue weighted by Gasteiger charge is 2.73. The number of halogens is 1. The first-order chi connectivity index (χ1) is 10.5. The van der Waals surface area contributed by atoms with Crippen LogP contribution in [0.25, 0.3) is 0 Å². The minimum Gasteiger partial charge on any atom is -0.274 e. The molecular formula is C18H16ClNO2. The molecule has 1 spiro atoms. The van der Waals surface area contributed by atoms with Crippen LogP contribution in [0, 0.1) is 36.0 Å². The molecule has 0 aromatic heterocycles. The van der Waals surface area contributed by atoms with E-state index in [2.05, 4.69) is 12.2 Å². The molecule has 1 saturated heterocycles. The minimum atomic E-state index is -0.148. The van der Waals surface area contributed by atoms with Crippen molar-refractivity contribution in [3.63, 3.8) is 0 Å². The van der Waals surface area contributed by atoms with Crippen LogP contribution in [-0.2, 0) is 9.59 Å². The van der Waals surface area contributed by atoms with Gasteiger partial charge in [-0.2, -0.15) is 0 Å². The van der Waals surface area contributed by atoms with Gasteiger partial charge in [-0.05, 0) is 54.7 Å². The summed E-state index contributed by atoms with van der Waals surface area (Å²) < 4.78 is 0. The molecule has 4 unspecified atom stereocenters. The van der Waals surface area contributed by atoms with Crippen molar-refractivity contribution in [1.29, 1.82) is 0 Å². The van der Waals surface area contributed by atoms with Crippen LogP contribution in [0.1, 0.15) is 18.4 Å². The highest BCUT2D eigenvalue weighted by molar-refractivity contribution is 6.32. The summed E-state index contributed by atoms with van der Waals surface area (Å²) in [4.78, 5) is 27.2. The lowest BCUT2D eigenvalue weighted by Crippen LogP contribution is -2.34. The molecule has 4 heteroatoms. The van der Waals surface area contributed by atoms with Crippen molar-refractivity contribution in [2.75, 3.05) is 4.90 Å². The van der Waals surface area contributed by atoms with Crippen molar-refractivity contribution in [3.05, 3.63) is 40.9 Å². The van der Waals surface area contributed by atoms with Crippen LogP contribution in [-0.4, -0.2) is 11.8 Å². The van der Waals surface area contributed by atoms with E-state index in [4.69, 9.17) is 11.6 Å². The molecule has 2 bridgehead atoms. The van der Waals surface area contributed by atoms with Gasteiger partial charge >= 0.3 is 0 Å². The second-order valence-corrected chi connectivity index (χ2v) is 7.57. The Morgan fingerprint density at radius 2 is 1.68 bits per heavy atom. The molecule has 4 aliphatic rings. The molecule has 4 atom stereocenters. The van der Waals surface area contributed by atoms with E-state index in [-0.39, 0.29) is 40.9 Å². The summed E-state index contributed by atoms with van der Waals surface area (Å²) >= 11 is 6.17. The fourth-order valence-corrected chi connectivity index (χ4v) is 5.23. The Hall–Kier alpha value is -1.61. The van der Waals surface area contributed by atoms with Crippen molar-refractivity contribution in [2.45, 2.75) is 19.8 Å². The molecule has 5 rings (SSSR count). The average Bonchev–Trinajstić information content (AvgIpc) is 3.08. The van der Waals surface area contributed by atoms with Crippen molar-refractivity contribution in [2.24, 2.45) is 29.1 Å². The summed E-state index contributed by atoms with van der Waals surface area (Å²) in [5.74, 6) is 0.181. The molecule has 3 nitrogen and oxygen atoms in total. The molecule has 2 saturated carbocycles. The minimum absolute atomic E-state index is 0.0296. The Balaban J connectivity index is 1.57. The maximum absolute atomic E-state index is 12.9. The third-order valence-corrected chi connectivity index (χ3v) is 6.67. The summed E-state index contributed by atoms with van der Waals surface area (Å²) in [6.45, 7) is 1.91. The van der Waals surface area contributed by atoms with Gasteiger partial charge in [0.1, 0.15) is 0 Å².